The Labute approximate surface area is 160 Å². The number of thiophene rings is 1. The van der Waals surface area contributed by atoms with Crippen LogP contribution in [-0.2, 0) is 12.7 Å². The summed E-state index contributed by atoms with van der Waals surface area (Å²) in [6.45, 7) is 0.204. The SMILES string of the molecule is O=C(NCc1ccccc1)c1nc2nc(-c3cccs3)cc(C(F)(F)F)n2n1. The molecule has 0 spiro atoms. The molecule has 0 radical (unpaired) electrons. The number of alkyl halides is 3. The summed E-state index contributed by atoms with van der Waals surface area (Å²) in [6, 6.07) is 13.4. The van der Waals surface area contributed by atoms with Gasteiger partial charge in [-0.2, -0.15) is 22.7 Å². The summed E-state index contributed by atoms with van der Waals surface area (Å²) in [6.07, 6.45) is -4.68. The lowest BCUT2D eigenvalue weighted by atomic mass is 10.2. The monoisotopic (exact) mass is 403 g/mol. The first-order chi connectivity index (χ1) is 13.4. The number of nitrogens with zero attached hydrogens (tertiary/aromatic N) is 4. The van der Waals surface area contributed by atoms with Crippen molar-refractivity contribution in [2.45, 2.75) is 12.7 Å². The van der Waals surface area contributed by atoms with Crippen molar-refractivity contribution in [3.05, 3.63) is 71.0 Å². The zero-order valence-corrected chi connectivity index (χ0v) is 15.0. The highest BCUT2D eigenvalue weighted by molar-refractivity contribution is 7.13. The second-order valence-corrected chi connectivity index (χ2v) is 6.76. The van der Waals surface area contributed by atoms with Crippen LogP contribution in [0.5, 0.6) is 0 Å². The van der Waals surface area contributed by atoms with E-state index in [0.29, 0.717) is 9.39 Å². The maximum Gasteiger partial charge on any atom is 0.433 e. The molecule has 0 bridgehead atoms. The highest BCUT2D eigenvalue weighted by atomic mass is 32.1. The lowest BCUT2D eigenvalue weighted by molar-refractivity contribution is -0.142. The standard InChI is InChI=1S/C18H12F3N5OS/c19-18(20,21)14-9-12(13-7-4-8-28-13)23-17-24-15(25-26(14)17)16(27)22-10-11-5-2-1-3-6-11/h1-9H,10H2,(H,22,27). The molecule has 3 aromatic heterocycles. The van der Waals surface area contributed by atoms with Crippen molar-refractivity contribution in [1.82, 2.24) is 24.9 Å². The number of halogens is 3. The van der Waals surface area contributed by atoms with Crippen molar-refractivity contribution >= 4 is 23.0 Å². The zero-order valence-electron chi connectivity index (χ0n) is 14.1. The van der Waals surface area contributed by atoms with E-state index in [1.165, 1.54) is 11.3 Å². The van der Waals surface area contributed by atoms with Gasteiger partial charge in [-0.15, -0.1) is 16.4 Å². The minimum absolute atomic E-state index is 0.124. The van der Waals surface area contributed by atoms with E-state index in [2.05, 4.69) is 20.4 Å². The zero-order chi connectivity index (χ0) is 19.7. The van der Waals surface area contributed by atoms with E-state index in [9.17, 15) is 18.0 Å². The van der Waals surface area contributed by atoms with E-state index in [-0.39, 0.29) is 23.8 Å². The Balaban J connectivity index is 1.70. The molecule has 0 saturated heterocycles. The second-order valence-electron chi connectivity index (χ2n) is 5.82. The molecule has 3 heterocycles. The summed E-state index contributed by atoms with van der Waals surface area (Å²) in [4.78, 5) is 20.9. The Hall–Kier alpha value is -3.27. The maximum atomic E-state index is 13.5. The summed E-state index contributed by atoms with van der Waals surface area (Å²) in [5.41, 5.74) is -0.0809. The van der Waals surface area contributed by atoms with Crippen LogP contribution in [0.1, 0.15) is 21.9 Å². The average molecular weight is 403 g/mol. The van der Waals surface area contributed by atoms with Crippen LogP contribution in [0.15, 0.2) is 53.9 Å². The molecule has 28 heavy (non-hydrogen) atoms. The fourth-order valence-electron chi connectivity index (χ4n) is 2.57. The molecule has 10 heteroatoms. The molecular weight excluding hydrogens is 391 g/mol. The summed E-state index contributed by atoms with van der Waals surface area (Å²) >= 11 is 1.26. The summed E-state index contributed by atoms with van der Waals surface area (Å²) in [7, 11) is 0. The smallest absolute Gasteiger partial charge is 0.345 e. The van der Waals surface area contributed by atoms with Gasteiger partial charge in [0.25, 0.3) is 11.7 Å². The Kier molecular flexibility index (Phi) is 4.55. The van der Waals surface area contributed by atoms with Crippen molar-refractivity contribution in [1.29, 1.82) is 0 Å². The number of aromatic nitrogens is 4. The molecule has 142 valence electrons. The van der Waals surface area contributed by atoms with E-state index in [0.717, 1.165) is 11.6 Å². The normalized spacial score (nSPS) is 11.7. The number of amides is 1. The molecule has 1 N–H and O–H groups in total. The lowest BCUT2D eigenvalue weighted by Crippen LogP contribution is -2.24. The largest absolute Gasteiger partial charge is 0.433 e. The Morgan fingerprint density at radius 2 is 1.89 bits per heavy atom. The van der Waals surface area contributed by atoms with Gasteiger partial charge in [0.15, 0.2) is 5.69 Å². The van der Waals surface area contributed by atoms with Crippen LogP contribution in [0.2, 0.25) is 0 Å². The van der Waals surface area contributed by atoms with E-state index < -0.39 is 17.8 Å². The first-order valence-electron chi connectivity index (χ1n) is 8.13. The number of nitrogens with one attached hydrogen (secondary N) is 1. The van der Waals surface area contributed by atoms with Crippen LogP contribution in [-0.4, -0.2) is 25.5 Å². The highest BCUT2D eigenvalue weighted by Gasteiger charge is 2.36. The van der Waals surface area contributed by atoms with Gasteiger partial charge in [-0.25, -0.2) is 4.98 Å². The van der Waals surface area contributed by atoms with Crippen LogP contribution < -0.4 is 5.32 Å². The molecule has 0 aliphatic carbocycles. The number of hydrogen-bond donors (Lipinski definition) is 1. The Morgan fingerprint density at radius 3 is 2.57 bits per heavy atom. The molecule has 0 aliphatic rings. The summed E-state index contributed by atoms with van der Waals surface area (Å²) < 4.78 is 41.1. The van der Waals surface area contributed by atoms with E-state index in [1.807, 2.05) is 30.3 Å². The predicted molar refractivity (Wildman–Crippen MR) is 96.7 cm³/mol. The Bertz CT molecular complexity index is 1120. The number of fused-ring (bicyclic) bond motifs is 1. The molecule has 0 saturated carbocycles. The van der Waals surface area contributed by atoms with Gasteiger partial charge in [-0.05, 0) is 23.1 Å². The Morgan fingerprint density at radius 1 is 1.11 bits per heavy atom. The van der Waals surface area contributed by atoms with Gasteiger partial charge in [0.2, 0.25) is 5.82 Å². The number of carbonyl (C=O) groups is 1. The van der Waals surface area contributed by atoms with Crippen LogP contribution in [0.4, 0.5) is 13.2 Å². The average Bonchev–Trinajstić information content (AvgIpc) is 3.34. The molecule has 6 nitrogen and oxygen atoms in total. The highest BCUT2D eigenvalue weighted by Crippen LogP contribution is 2.32. The molecule has 0 atom stereocenters. The molecule has 0 aliphatic heterocycles. The third-order valence-electron chi connectivity index (χ3n) is 3.88. The fourth-order valence-corrected chi connectivity index (χ4v) is 3.26. The quantitative estimate of drug-likeness (QED) is 0.563. The van der Waals surface area contributed by atoms with Gasteiger partial charge in [0, 0.05) is 6.54 Å². The van der Waals surface area contributed by atoms with Gasteiger partial charge >= 0.3 is 6.18 Å². The first kappa shape index (κ1) is 18.1. The fraction of sp³-hybridized carbons (Fsp3) is 0.111. The van der Waals surface area contributed by atoms with E-state index in [4.69, 9.17) is 0 Å². The minimum atomic E-state index is -4.68. The van der Waals surface area contributed by atoms with Crippen LogP contribution in [0.3, 0.4) is 0 Å². The molecule has 4 aromatic rings. The number of hydrogen-bond acceptors (Lipinski definition) is 5. The van der Waals surface area contributed by atoms with Crippen molar-refractivity contribution in [2.75, 3.05) is 0 Å². The van der Waals surface area contributed by atoms with Crippen LogP contribution in [0, 0.1) is 0 Å². The van der Waals surface area contributed by atoms with Gasteiger partial charge < -0.3 is 5.32 Å². The predicted octanol–water partition coefficient (Wildman–Crippen LogP) is 3.80. The third kappa shape index (κ3) is 3.58. The van der Waals surface area contributed by atoms with Crippen LogP contribution >= 0.6 is 11.3 Å². The molecule has 0 unspecified atom stereocenters. The molecule has 1 amide bonds. The molecule has 1 aromatic carbocycles. The number of rotatable bonds is 4. The van der Waals surface area contributed by atoms with Crippen LogP contribution in [0.25, 0.3) is 16.3 Å². The van der Waals surface area contributed by atoms with Gasteiger partial charge in [0.05, 0.1) is 10.6 Å². The van der Waals surface area contributed by atoms with Gasteiger partial charge in [0.1, 0.15) is 0 Å². The van der Waals surface area contributed by atoms with Crippen molar-refractivity contribution in [3.63, 3.8) is 0 Å². The third-order valence-corrected chi connectivity index (χ3v) is 4.77. The van der Waals surface area contributed by atoms with Crippen molar-refractivity contribution < 1.29 is 18.0 Å². The second kappa shape index (κ2) is 7.04. The van der Waals surface area contributed by atoms with Gasteiger partial charge in [-0.1, -0.05) is 36.4 Å². The molecular formula is C18H12F3N5OS. The topological polar surface area (TPSA) is 72.2 Å². The minimum Gasteiger partial charge on any atom is -0.345 e. The summed E-state index contributed by atoms with van der Waals surface area (Å²) in [5.74, 6) is -1.35. The maximum absolute atomic E-state index is 13.5. The summed E-state index contributed by atoms with van der Waals surface area (Å²) in [5, 5.41) is 8.06. The molecule has 0 fully saturated rings. The number of benzene rings is 1. The number of carbonyl (C=O) groups excluding carboxylic acids is 1. The van der Waals surface area contributed by atoms with Crippen molar-refractivity contribution in [3.8, 4) is 10.6 Å². The van der Waals surface area contributed by atoms with E-state index >= 15 is 0 Å². The first-order valence-corrected chi connectivity index (χ1v) is 9.01. The lowest BCUT2D eigenvalue weighted by Gasteiger charge is -2.09. The van der Waals surface area contributed by atoms with Crippen molar-refractivity contribution in [2.24, 2.45) is 0 Å². The molecule has 4 rings (SSSR count). The van der Waals surface area contributed by atoms with E-state index in [1.54, 1.807) is 17.5 Å². The van der Waals surface area contributed by atoms with Gasteiger partial charge in [-0.3, -0.25) is 4.79 Å².